The summed E-state index contributed by atoms with van der Waals surface area (Å²) in [5.41, 5.74) is 6.40. The first-order valence-corrected chi connectivity index (χ1v) is 8.12. The molecule has 23 heavy (non-hydrogen) atoms. The van der Waals surface area contributed by atoms with Gasteiger partial charge in [-0.2, -0.15) is 4.98 Å². The molecule has 0 aliphatic heterocycles. The van der Waals surface area contributed by atoms with Gasteiger partial charge < -0.3 is 11.1 Å². The van der Waals surface area contributed by atoms with E-state index in [1.54, 1.807) is 28.6 Å². The van der Waals surface area contributed by atoms with E-state index >= 15 is 0 Å². The van der Waals surface area contributed by atoms with E-state index in [1.807, 2.05) is 42.7 Å². The maximum Gasteiger partial charge on any atom is 0.276 e. The van der Waals surface area contributed by atoms with Gasteiger partial charge in [0.1, 0.15) is 11.6 Å². The zero-order valence-electron chi connectivity index (χ0n) is 12.4. The van der Waals surface area contributed by atoms with Gasteiger partial charge in [0.2, 0.25) is 5.95 Å². The summed E-state index contributed by atoms with van der Waals surface area (Å²) in [5.74, 6) is 1.18. The van der Waals surface area contributed by atoms with Crippen LogP contribution in [0.4, 0.5) is 17.5 Å². The van der Waals surface area contributed by atoms with E-state index in [0.29, 0.717) is 11.8 Å². The number of thioether (sulfide) groups is 1. The largest absolute Gasteiger partial charge is 0.385 e. The Hall–Kier alpha value is -2.80. The lowest BCUT2D eigenvalue weighted by atomic mass is 10.3. The number of nitrogens with one attached hydrogen (secondary N) is 1. The number of nitrogen functional groups attached to an aromatic ring is 1. The lowest BCUT2D eigenvalue weighted by molar-refractivity contribution is 0.948. The molecule has 6 nitrogen and oxygen atoms in total. The van der Waals surface area contributed by atoms with Crippen molar-refractivity contribution < 1.29 is 0 Å². The molecule has 0 radical (unpaired) electrons. The Morgan fingerprint density at radius 3 is 2.61 bits per heavy atom. The van der Waals surface area contributed by atoms with Crippen molar-refractivity contribution in [3.05, 3.63) is 65.1 Å². The van der Waals surface area contributed by atoms with E-state index in [9.17, 15) is 4.79 Å². The van der Waals surface area contributed by atoms with Gasteiger partial charge in [-0.3, -0.25) is 4.79 Å². The van der Waals surface area contributed by atoms with E-state index in [-0.39, 0.29) is 5.82 Å². The molecule has 2 aromatic heterocycles. The number of nitrogens with zero attached hydrogens (tertiary/aromatic N) is 3. The van der Waals surface area contributed by atoms with Crippen LogP contribution in [-0.2, 0) is 0 Å². The average Bonchev–Trinajstić information content (AvgIpc) is 2.56. The first-order valence-electron chi connectivity index (χ1n) is 6.89. The summed E-state index contributed by atoms with van der Waals surface area (Å²) in [7, 11) is 0. The fourth-order valence-electron chi connectivity index (χ4n) is 2.11. The highest BCUT2D eigenvalue weighted by molar-refractivity contribution is 7.98. The van der Waals surface area contributed by atoms with E-state index in [1.165, 1.54) is 6.07 Å². The fraction of sp³-hybridized carbons (Fsp3) is 0.0625. The zero-order chi connectivity index (χ0) is 16.2. The van der Waals surface area contributed by atoms with Crippen LogP contribution >= 0.6 is 11.8 Å². The Labute approximate surface area is 137 Å². The summed E-state index contributed by atoms with van der Waals surface area (Å²) in [6.45, 7) is 0. The summed E-state index contributed by atoms with van der Waals surface area (Å²) in [6, 6.07) is 14.5. The van der Waals surface area contributed by atoms with Crippen molar-refractivity contribution in [1.82, 2.24) is 14.5 Å². The number of hydrogen-bond acceptors (Lipinski definition) is 6. The predicted molar refractivity (Wildman–Crippen MR) is 93.5 cm³/mol. The second-order valence-electron chi connectivity index (χ2n) is 4.72. The Morgan fingerprint density at radius 1 is 1.17 bits per heavy atom. The molecule has 0 fully saturated rings. The SMILES string of the molecule is CSc1ccc(Nc2nc(=O)cc(N)n2-c2ccccn2)cc1. The third-order valence-electron chi connectivity index (χ3n) is 3.18. The molecular weight excluding hydrogens is 310 g/mol. The quantitative estimate of drug-likeness (QED) is 0.717. The normalized spacial score (nSPS) is 10.5. The van der Waals surface area contributed by atoms with Crippen molar-refractivity contribution in [2.75, 3.05) is 17.3 Å². The molecule has 3 aromatic rings. The van der Waals surface area contributed by atoms with Crippen LogP contribution in [0.15, 0.2) is 64.4 Å². The van der Waals surface area contributed by atoms with E-state index < -0.39 is 5.56 Å². The summed E-state index contributed by atoms with van der Waals surface area (Å²) < 4.78 is 1.60. The zero-order valence-corrected chi connectivity index (χ0v) is 13.2. The number of hydrogen-bond donors (Lipinski definition) is 2. The van der Waals surface area contributed by atoms with Crippen LogP contribution in [-0.4, -0.2) is 20.8 Å². The van der Waals surface area contributed by atoms with Crippen LogP contribution in [0.5, 0.6) is 0 Å². The monoisotopic (exact) mass is 325 g/mol. The van der Waals surface area contributed by atoms with Crippen molar-refractivity contribution >= 4 is 29.2 Å². The van der Waals surface area contributed by atoms with E-state index in [2.05, 4.69) is 15.3 Å². The topological polar surface area (TPSA) is 85.8 Å². The number of benzene rings is 1. The van der Waals surface area contributed by atoms with Gasteiger partial charge >= 0.3 is 0 Å². The first-order chi connectivity index (χ1) is 11.2. The molecule has 3 rings (SSSR count). The highest BCUT2D eigenvalue weighted by Crippen LogP contribution is 2.22. The highest BCUT2D eigenvalue weighted by atomic mass is 32.2. The van der Waals surface area contributed by atoms with Gasteiger partial charge in [-0.05, 0) is 42.7 Å². The van der Waals surface area contributed by atoms with Crippen LogP contribution in [0.25, 0.3) is 5.82 Å². The van der Waals surface area contributed by atoms with E-state index in [0.717, 1.165) is 10.6 Å². The predicted octanol–water partition coefficient (Wildman–Crippen LogP) is 2.68. The summed E-state index contributed by atoms with van der Waals surface area (Å²) in [6.07, 6.45) is 3.67. The molecule has 116 valence electrons. The minimum absolute atomic E-state index is 0.270. The molecule has 0 aliphatic carbocycles. The molecule has 0 spiro atoms. The van der Waals surface area contributed by atoms with Crippen molar-refractivity contribution in [2.24, 2.45) is 0 Å². The van der Waals surface area contributed by atoms with Crippen LogP contribution in [0.3, 0.4) is 0 Å². The Bertz CT molecular complexity index is 862. The van der Waals surface area contributed by atoms with Crippen molar-refractivity contribution in [2.45, 2.75) is 4.90 Å². The number of anilines is 3. The Morgan fingerprint density at radius 2 is 1.96 bits per heavy atom. The molecular formula is C16H15N5OS. The standard InChI is InChI=1S/C16H15N5OS/c1-23-12-7-5-11(6-8-12)19-16-20-15(22)10-13(17)21(16)14-4-2-3-9-18-14/h2-10H,17H2,1H3,(H,19,20,22). The van der Waals surface area contributed by atoms with Crippen LogP contribution in [0.2, 0.25) is 0 Å². The third kappa shape index (κ3) is 3.35. The maximum absolute atomic E-state index is 11.7. The minimum Gasteiger partial charge on any atom is -0.385 e. The molecule has 0 amide bonds. The van der Waals surface area contributed by atoms with Crippen LogP contribution < -0.4 is 16.6 Å². The van der Waals surface area contributed by atoms with E-state index in [4.69, 9.17) is 5.73 Å². The lowest BCUT2D eigenvalue weighted by Crippen LogP contribution is -2.18. The van der Waals surface area contributed by atoms with Crippen molar-refractivity contribution in [1.29, 1.82) is 0 Å². The van der Waals surface area contributed by atoms with Gasteiger partial charge in [0, 0.05) is 22.8 Å². The molecule has 0 bridgehead atoms. The number of nitrogens with two attached hydrogens (primary N) is 1. The maximum atomic E-state index is 11.7. The number of aromatic nitrogens is 3. The smallest absolute Gasteiger partial charge is 0.276 e. The van der Waals surface area contributed by atoms with Crippen molar-refractivity contribution in [3.8, 4) is 5.82 Å². The van der Waals surface area contributed by atoms with Crippen LogP contribution in [0.1, 0.15) is 0 Å². The van der Waals surface area contributed by atoms with Gasteiger partial charge in [-0.1, -0.05) is 6.07 Å². The minimum atomic E-state index is -0.405. The van der Waals surface area contributed by atoms with Gasteiger partial charge in [-0.15, -0.1) is 11.8 Å². The van der Waals surface area contributed by atoms with Crippen molar-refractivity contribution in [3.63, 3.8) is 0 Å². The molecule has 3 N–H and O–H groups in total. The summed E-state index contributed by atoms with van der Waals surface area (Å²) in [5, 5.41) is 3.13. The second-order valence-corrected chi connectivity index (χ2v) is 5.60. The molecule has 2 heterocycles. The third-order valence-corrected chi connectivity index (χ3v) is 3.93. The van der Waals surface area contributed by atoms with Crippen LogP contribution in [0, 0.1) is 0 Å². The fourth-order valence-corrected chi connectivity index (χ4v) is 2.52. The molecule has 7 heteroatoms. The molecule has 0 saturated carbocycles. The summed E-state index contributed by atoms with van der Waals surface area (Å²) in [4.78, 5) is 21.2. The number of pyridine rings is 1. The molecule has 0 unspecified atom stereocenters. The molecule has 0 atom stereocenters. The average molecular weight is 325 g/mol. The summed E-state index contributed by atoms with van der Waals surface area (Å²) >= 11 is 1.66. The van der Waals surface area contributed by atoms with Gasteiger partial charge in [0.15, 0.2) is 0 Å². The first kappa shape index (κ1) is 15.1. The second kappa shape index (κ2) is 6.53. The van der Waals surface area contributed by atoms with Gasteiger partial charge in [0.25, 0.3) is 5.56 Å². The Kier molecular flexibility index (Phi) is 4.29. The molecule has 0 saturated heterocycles. The van der Waals surface area contributed by atoms with Gasteiger partial charge in [0.05, 0.1) is 0 Å². The van der Waals surface area contributed by atoms with Gasteiger partial charge in [-0.25, -0.2) is 9.55 Å². The highest BCUT2D eigenvalue weighted by Gasteiger charge is 2.10. The Balaban J connectivity index is 2.05. The molecule has 1 aromatic carbocycles. The molecule has 0 aliphatic rings. The number of rotatable bonds is 4. The lowest BCUT2D eigenvalue weighted by Gasteiger charge is -2.15.